The second-order valence-electron chi connectivity index (χ2n) is 6.39. The van der Waals surface area contributed by atoms with Crippen LogP contribution in [0.1, 0.15) is 43.5 Å². The van der Waals surface area contributed by atoms with Gasteiger partial charge in [-0.1, -0.05) is 20.3 Å². The molecule has 1 amide bonds. The van der Waals surface area contributed by atoms with E-state index in [-0.39, 0.29) is 11.9 Å². The van der Waals surface area contributed by atoms with E-state index in [4.69, 9.17) is 14.2 Å². The zero-order valence-electron chi connectivity index (χ0n) is 14.6. The third-order valence-corrected chi connectivity index (χ3v) is 4.70. The zero-order valence-corrected chi connectivity index (χ0v) is 14.6. The number of ether oxygens (including phenoxy) is 3. The summed E-state index contributed by atoms with van der Waals surface area (Å²) >= 11 is 0. The summed E-state index contributed by atoms with van der Waals surface area (Å²) in [5.74, 6) is 2.51. The summed E-state index contributed by atoms with van der Waals surface area (Å²) < 4.78 is 15.9. The lowest BCUT2D eigenvalue weighted by Gasteiger charge is -2.33. The summed E-state index contributed by atoms with van der Waals surface area (Å²) in [6.45, 7) is 4.44. The first kappa shape index (κ1) is 17.4. The maximum Gasteiger partial charge on any atom is 0.251 e. The molecule has 3 unspecified atom stereocenters. The second kappa shape index (κ2) is 7.57. The van der Waals surface area contributed by atoms with Gasteiger partial charge in [-0.25, -0.2) is 0 Å². The molecule has 0 bridgehead atoms. The molecule has 1 N–H and O–H groups in total. The molecule has 128 valence electrons. The molecule has 0 radical (unpaired) electrons. The Balaban J connectivity index is 2.21. The Labute approximate surface area is 138 Å². The molecule has 0 aromatic heterocycles. The lowest BCUT2D eigenvalue weighted by atomic mass is 9.80. The first-order chi connectivity index (χ1) is 11.0. The molecule has 2 rings (SSSR count). The average molecular weight is 321 g/mol. The molecule has 5 nitrogen and oxygen atoms in total. The molecule has 3 atom stereocenters. The molecule has 5 heteroatoms. The van der Waals surface area contributed by atoms with Gasteiger partial charge < -0.3 is 19.5 Å². The van der Waals surface area contributed by atoms with E-state index in [1.165, 1.54) is 6.42 Å². The standard InChI is InChI=1S/C18H27NO4/c1-11-6-7-12(2)14(8-11)19-18(20)13-9-15(21-3)17(23-5)16(10-13)22-4/h9-12,14H,6-8H2,1-5H3,(H,19,20). The highest BCUT2D eigenvalue weighted by Crippen LogP contribution is 2.38. The fourth-order valence-corrected chi connectivity index (χ4v) is 3.20. The van der Waals surface area contributed by atoms with Gasteiger partial charge in [0.2, 0.25) is 5.75 Å². The van der Waals surface area contributed by atoms with Crippen LogP contribution in [0.5, 0.6) is 17.2 Å². The molecule has 0 heterocycles. The van der Waals surface area contributed by atoms with Gasteiger partial charge in [0.1, 0.15) is 0 Å². The normalized spacial score (nSPS) is 24.0. The summed E-state index contributed by atoms with van der Waals surface area (Å²) in [7, 11) is 4.64. The minimum atomic E-state index is -0.102. The number of carbonyl (C=O) groups excluding carboxylic acids is 1. The molecular formula is C18H27NO4. The van der Waals surface area contributed by atoms with Crippen LogP contribution in [0.25, 0.3) is 0 Å². The third-order valence-electron chi connectivity index (χ3n) is 4.70. The van der Waals surface area contributed by atoms with E-state index in [2.05, 4.69) is 19.2 Å². The van der Waals surface area contributed by atoms with Crippen LogP contribution in [0.3, 0.4) is 0 Å². The van der Waals surface area contributed by atoms with Gasteiger partial charge in [0, 0.05) is 11.6 Å². The number of nitrogens with one attached hydrogen (secondary N) is 1. The van der Waals surface area contributed by atoms with Crippen molar-refractivity contribution in [1.29, 1.82) is 0 Å². The molecule has 1 aliphatic carbocycles. The summed E-state index contributed by atoms with van der Waals surface area (Å²) in [5, 5.41) is 3.16. The molecule has 23 heavy (non-hydrogen) atoms. The van der Waals surface area contributed by atoms with Crippen LogP contribution in [-0.4, -0.2) is 33.3 Å². The third kappa shape index (κ3) is 3.89. The molecule has 1 aliphatic rings. The van der Waals surface area contributed by atoms with E-state index in [9.17, 15) is 4.79 Å². The number of methoxy groups -OCH3 is 3. The van der Waals surface area contributed by atoms with Crippen molar-refractivity contribution in [2.45, 2.75) is 39.2 Å². The van der Waals surface area contributed by atoms with Crippen LogP contribution in [0.15, 0.2) is 12.1 Å². The Kier molecular flexibility index (Phi) is 5.74. The SMILES string of the molecule is COc1cc(C(=O)NC2CC(C)CCC2C)cc(OC)c1OC. The number of hydrogen-bond acceptors (Lipinski definition) is 4. The van der Waals surface area contributed by atoms with Crippen molar-refractivity contribution in [1.82, 2.24) is 5.32 Å². The Morgan fingerprint density at radius 2 is 1.65 bits per heavy atom. The van der Waals surface area contributed by atoms with Gasteiger partial charge in [0.15, 0.2) is 11.5 Å². The van der Waals surface area contributed by atoms with Crippen molar-refractivity contribution in [2.75, 3.05) is 21.3 Å². The lowest BCUT2D eigenvalue weighted by Crippen LogP contribution is -2.42. The van der Waals surface area contributed by atoms with Crippen LogP contribution < -0.4 is 19.5 Å². The number of hydrogen-bond donors (Lipinski definition) is 1. The maximum atomic E-state index is 12.6. The fourth-order valence-electron chi connectivity index (χ4n) is 3.20. The lowest BCUT2D eigenvalue weighted by molar-refractivity contribution is 0.0897. The molecule has 1 saturated carbocycles. The van der Waals surface area contributed by atoms with Gasteiger partial charge >= 0.3 is 0 Å². The summed E-state index contributed by atoms with van der Waals surface area (Å²) in [5.41, 5.74) is 0.518. The van der Waals surface area contributed by atoms with Crippen molar-refractivity contribution in [3.8, 4) is 17.2 Å². The smallest absolute Gasteiger partial charge is 0.251 e. The molecule has 1 aromatic carbocycles. The van der Waals surface area contributed by atoms with Gasteiger partial charge in [-0.2, -0.15) is 0 Å². The van der Waals surface area contributed by atoms with Crippen molar-refractivity contribution in [2.24, 2.45) is 11.8 Å². The van der Waals surface area contributed by atoms with Crippen LogP contribution >= 0.6 is 0 Å². The highest BCUT2D eigenvalue weighted by Gasteiger charge is 2.27. The second-order valence-corrected chi connectivity index (χ2v) is 6.39. The first-order valence-electron chi connectivity index (χ1n) is 8.11. The number of benzene rings is 1. The van der Waals surface area contributed by atoms with E-state index in [0.29, 0.717) is 34.6 Å². The van der Waals surface area contributed by atoms with E-state index in [1.807, 2.05) is 0 Å². The number of amides is 1. The van der Waals surface area contributed by atoms with Crippen molar-refractivity contribution in [3.05, 3.63) is 17.7 Å². The topological polar surface area (TPSA) is 56.8 Å². The minimum Gasteiger partial charge on any atom is -0.493 e. The quantitative estimate of drug-likeness (QED) is 0.904. The van der Waals surface area contributed by atoms with Gasteiger partial charge in [-0.05, 0) is 36.8 Å². The van der Waals surface area contributed by atoms with Gasteiger partial charge in [-0.15, -0.1) is 0 Å². The van der Waals surface area contributed by atoms with E-state index in [1.54, 1.807) is 33.5 Å². The Morgan fingerprint density at radius 3 is 2.17 bits per heavy atom. The molecule has 1 fully saturated rings. The van der Waals surface area contributed by atoms with Crippen LogP contribution in [0.2, 0.25) is 0 Å². The average Bonchev–Trinajstić information content (AvgIpc) is 2.56. The summed E-state index contributed by atoms with van der Waals surface area (Å²) in [6, 6.07) is 3.59. The minimum absolute atomic E-state index is 0.102. The van der Waals surface area contributed by atoms with Gasteiger partial charge in [-0.3, -0.25) is 4.79 Å². The molecular weight excluding hydrogens is 294 g/mol. The van der Waals surface area contributed by atoms with E-state index >= 15 is 0 Å². The first-order valence-corrected chi connectivity index (χ1v) is 8.11. The molecule has 1 aromatic rings. The van der Waals surface area contributed by atoms with Gasteiger partial charge in [0.05, 0.1) is 21.3 Å². The van der Waals surface area contributed by atoms with Crippen molar-refractivity contribution < 1.29 is 19.0 Å². The summed E-state index contributed by atoms with van der Waals surface area (Å²) in [4.78, 5) is 12.6. The Morgan fingerprint density at radius 1 is 1.04 bits per heavy atom. The largest absolute Gasteiger partial charge is 0.493 e. The van der Waals surface area contributed by atoms with Crippen LogP contribution in [0, 0.1) is 11.8 Å². The number of rotatable bonds is 5. The molecule has 0 aliphatic heterocycles. The Bertz CT molecular complexity index is 533. The summed E-state index contributed by atoms with van der Waals surface area (Å²) in [6.07, 6.45) is 3.41. The van der Waals surface area contributed by atoms with Crippen molar-refractivity contribution in [3.63, 3.8) is 0 Å². The maximum absolute atomic E-state index is 12.6. The van der Waals surface area contributed by atoms with Crippen LogP contribution in [0.4, 0.5) is 0 Å². The number of carbonyl (C=O) groups is 1. The van der Waals surface area contributed by atoms with Crippen LogP contribution in [-0.2, 0) is 0 Å². The molecule has 0 saturated heterocycles. The van der Waals surface area contributed by atoms with E-state index in [0.717, 1.165) is 12.8 Å². The Hall–Kier alpha value is -1.91. The van der Waals surface area contributed by atoms with Gasteiger partial charge in [0.25, 0.3) is 5.91 Å². The zero-order chi connectivity index (χ0) is 17.0. The predicted octanol–water partition coefficient (Wildman–Crippen LogP) is 3.27. The highest BCUT2D eigenvalue weighted by molar-refractivity contribution is 5.95. The predicted molar refractivity (Wildman–Crippen MR) is 89.5 cm³/mol. The fraction of sp³-hybridized carbons (Fsp3) is 0.611. The highest BCUT2D eigenvalue weighted by atomic mass is 16.5. The van der Waals surface area contributed by atoms with E-state index < -0.39 is 0 Å². The van der Waals surface area contributed by atoms with Crippen molar-refractivity contribution >= 4 is 5.91 Å². The monoisotopic (exact) mass is 321 g/mol. The molecule has 0 spiro atoms.